The summed E-state index contributed by atoms with van der Waals surface area (Å²) in [6.45, 7) is 0.493. The first-order chi connectivity index (χ1) is 6.70. The Kier molecular flexibility index (Phi) is 2.20. The van der Waals surface area contributed by atoms with Gasteiger partial charge in [0.1, 0.15) is 6.23 Å². The second-order valence-electron chi connectivity index (χ2n) is 3.08. The number of rotatable bonds is 1. The average Bonchev–Trinajstić information content (AvgIpc) is 2.65. The molecule has 1 aromatic rings. The molecular weight excluding hydrogens is 191 g/mol. The predicted octanol–water partition coefficient (Wildman–Crippen LogP) is -0.0153. The Morgan fingerprint density at radius 1 is 1.57 bits per heavy atom. The van der Waals surface area contributed by atoms with Gasteiger partial charge in [0.25, 0.3) is 5.56 Å². The number of H-pyrrole nitrogens is 1. The lowest BCUT2D eigenvalue weighted by Gasteiger charge is -2.10. The number of aromatic nitrogens is 2. The minimum atomic E-state index is -0.972. The number of nitrogens with one attached hydrogen (secondary N) is 1. The Labute approximate surface area is 78.1 Å². The van der Waals surface area contributed by atoms with E-state index in [1.807, 2.05) is 0 Å². The van der Waals surface area contributed by atoms with Gasteiger partial charge in [-0.2, -0.15) is 4.39 Å². The van der Waals surface area contributed by atoms with Crippen molar-refractivity contribution in [2.24, 2.45) is 0 Å². The first-order valence-corrected chi connectivity index (χ1v) is 4.31. The summed E-state index contributed by atoms with van der Waals surface area (Å²) in [6.07, 6.45) is 1.47. The molecule has 5 nitrogen and oxygen atoms in total. The standard InChI is InChI=1S/C8H9FN2O3/c9-5-4-10-8(13)11(7(5)12)6-2-1-3-14-6/h4,6H,1-3H2,(H,10,13). The Morgan fingerprint density at radius 2 is 2.36 bits per heavy atom. The molecule has 76 valence electrons. The molecule has 6 heteroatoms. The lowest BCUT2D eigenvalue weighted by Crippen LogP contribution is -2.39. The van der Waals surface area contributed by atoms with Gasteiger partial charge in [-0.3, -0.25) is 4.79 Å². The van der Waals surface area contributed by atoms with Crippen LogP contribution in [-0.4, -0.2) is 16.2 Å². The largest absolute Gasteiger partial charge is 0.358 e. The van der Waals surface area contributed by atoms with Gasteiger partial charge in [-0.25, -0.2) is 9.36 Å². The summed E-state index contributed by atoms with van der Waals surface area (Å²) < 4.78 is 18.8. The highest BCUT2D eigenvalue weighted by Crippen LogP contribution is 2.19. The fraction of sp³-hybridized carbons (Fsp3) is 0.500. The van der Waals surface area contributed by atoms with Crippen LogP contribution in [0.2, 0.25) is 0 Å². The summed E-state index contributed by atoms with van der Waals surface area (Å²) in [7, 11) is 0. The van der Waals surface area contributed by atoms with Gasteiger partial charge in [-0.15, -0.1) is 0 Å². The minimum Gasteiger partial charge on any atom is -0.358 e. The highest BCUT2D eigenvalue weighted by atomic mass is 19.1. The van der Waals surface area contributed by atoms with Crippen LogP contribution in [0.3, 0.4) is 0 Å². The first-order valence-electron chi connectivity index (χ1n) is 4.31. The monoisotopic (exact) mass is 200 g/mol. The van der Waals surface area contributed by atoms with E-state index in [1.165, 1.54) is 0 Å². The number of aromatic amines is 1. The van der Waals surface area contributed by atoms with E-state index in [9.17, 15) is 14.0 Å². The van der Waals surface area contributed by atoms with Crippen molar-refractivity contribution < 1.29 is 9.13 Å². The quantitative estimate of drug-likeness (QED) is 0.693. The molecule has 0 aliphatic carbocycles. The smallest absolute Gasteiger partial charge is 0.330 e. The molecular formula is C8H9FN2O3. The van der Waals surface area contributed by atoms with Crippen LogP contribution in [0, 0.1) is 5.82 Å². The second-order valence-corrected chi connectivity index (χ2v) is 3.08. The zero-order valence-electron chi connectivity index (χ0n) is 7.33. The molecule has 1 fully saturated rings. The van der Waals surface area contributed by atoms with E-state index in [0.29, 0.717) is 13.0 Å². The van der Waals surface area contributed by atoms with Crippen molar-refractivity contribution in [2.75, 3.05) is 6.61 Å². The van der Waals surface area contributed by atoms with Crippen LogP contribution < -0.4 is 11.2 Å². The van der Waals surface area contributed by atoms with Crippen molar-refractivity contribution >= 4 is 0 Å². The highest BCUT2D eigenvalue weighted by molar-refractivity contribution is 4.89. The topological polar surface area (TPSA) is 64.1 Å². The van der Waals surface area contributed by atoms with E-state index in [2.05, 4.69) is 4.98 Å². The van der Waals surface area contributed by atoms with Gasteiger partial charge in [0.2, 0.25) is 5.82 Å². The van der Waals surface area contributed by atoms with Crippen LogP contribution in [0.1, 0.15) is 19.1 Å². The molecule has 1 aromatic heterocycles. The van der Waals surface area contributed by atoms with E-state index in [1.54, 1.807) is 0 Å². The van der Waals surface area contributed by atoms with Crippen molar-refractivity contribution in [2.45, 2.75) is 19.1 Å². The van der Waals surface area contributed by atoms with E-state index < -0.39 is 23.3 Å². The number of ether oxygens (including phenoxy) is 1. The summed E-state index contributed by atoms with van der Waals surface area (Å²) >= 11 is 0. The summed E-state index contributed by atoms with van der Waals surface area (Å²) in [5.74, 6) is -0.972. The lowest BCUT2D eigenvalue weighted by atomic mass is 10.3. The molecule has 1 aliphatic rings. The van der Waals surface area contributed by atoms with Crippen LogP contribution >= 0.6 is 0 Å². The molecule has 1 N–H and O–H groups in total. The zero-order valence-corrected chi connectivity index (χ0v) is 7.33. The summed E-state index contributed by atoms with van der Waals surface area (Å²) in [6, 6.07) is 0. The van der Waals surface area contributed by atoms with Crippen LogP contribution in [0.25, 0.3) is 0 Å². The molecule has 1 saturated heterocycles. The molecule has 0 amide bonds. The van der Waals surface area contributed by atoms with Crippen molar-refractivity contribution in [1.29, 1.82) is 0 Å². The maximum Gasteiger partial charge on any atom is 0.330 e. The fourth-order valence-corrected chi connectivity index (χ4v) is 1.49. The third kappa shape index (κ3) is 1.37. The van der Waals surface area contributed by atoms with Crippen LogP contribution in [0.5, 0.6) is 0 Å². The number of nitrogens with zero attached hydrogens (tertiary/aromatic N) is 1. The van der Waals surface area contributed by atoms with E-state index in [4.69, 9.17) is 4.74 Å². The third-order valence-electron chi connectivity index (χ3n) is 2.16. The summed E-state index contributed by atoms with van der Waals surface area (Å²) in [5, 5.41) is 0. The Morgan fingerprint density at radius 3 is 3.00 bits per heavy atom. The molecule has 0 radical (unpaired) electrons. The molecule has 2 rings (SSSR count). The molecule has 14 heavy (non-hydrogen) atoms. The SMILES string of the molecule is O=c1[nH]cc(F)c(=O)n1C1CCCO1. The molecule has 1 unspecified atom stereocenters. The number of hydrogen-bond donors (Lipinski definition) is 1. The molecule has 0 bridgehead atoms. The van der Waals surface area contributed by atoms with Crippen molar-refractivity contribution in [3.8, 4) is 0 Å². The number of halogens is 1. The van der Waals surface area contributed by atoms with Gasteiger partial charge in [-0.1, -0.05) is 0 Å². The van der Waals surface area contributed by atoms with Gasteiger partial charge in [0.05, 0.1) is 0 Å². The van der Waals surface area contributed by atoms with E-state index in [0.717, 1.165) is 17.2 Å². The van der Waals surface area contributed by atoms with Crippen LogP contribution in [-0.2, 0) is 4.74 Å². The van der Waals surface area contributed by atoms with Crippen LogP contribution in [0.4, 0.5) is 4.39 Å². The molecule has 0 spiro atoms. The van der Waals surface area contributed by atoms with Crippen LogP contribution in [0.15, 0.2) is 15.8 Å². The highest BCUT2D eigenvalue weighted by Gasteiger charge is 2.21. The maximum atomic E-state index is 12.9. The Bertz CT molecular complexity index is 445. The number of hydrogen-bond acceptors (Lipinski definition) is 3. The van der Waals surface area contributed by atoms with Crippen molar-refractivity contribution in [3.05, 3.63) is 32.9 Å². The van der Waals surface area contributed by atoms with Gasteiger partial charge >= 0.3 is 5.69 Å². The summed E-state index contributed by atoms with van der Waals surface area (Å²) in [5.41, 5.74) is -1.57. The average molecular weight is 200 g/mol. The molecule has 1 atom stereocenters. The molecule has 2 heterocycles. The van der Waals surface area contributed by atoms with Gasteiger partial charge in [0.15, 0.2) is 0 Å². The lowest BCUT2D eigenvalue weighted by molar-refractivity contribution is 0.0491. The van der Waals surface area contributed by atoms with Gasteiger partial charge in [0, 0.05) is 12.8 Å². The van der Waals surface area contributed by atoms with Gasteiger partial charge in [-0.05, 0) is 12.8 Å². The second kappa shape index (κ2) is 3.38. The molecule has 0 aromatic carbocycles. The minimum absolute atomic E-state index is 0.493. The zero-order chi connectivity index (χ0) is 10.1. The van der Waals surface area contributed by atoms with Crippen molar-refractivity contribution in [3.63, 3.8) is 0 Å². The molecule has 1 aliphatic heterocycles. The maximum absolute atomic E-state index is 12.9. The van der Waals surface area contributed by atoms with E-state index >= 15 is 0 Å². The Balaban J connectivity index is 2.55. The normalized spacial score (nSPS) is 21.4. The fourth-order valence-electron chi connectivity index (χ4n) is 1.49. The predicted molar refractivity (Wildman–Crippen MR) is 45.5 cm³/mol. The first kappa shape index (κ1) is 9.14. The van der Waals surface area contributed by atoms with E-state index in [-0.39, 0.29) is 0 Å². The summed E-state index contributed by atoms with van der Waals surface area (Å²) in [4.78, 5) is 24.6. The van der Waals surface area contributed by atoms with Crippen molar-refractivity contribution in [1.82, 2.24) is 9.55 Å². The molecule has 0 saturated carbocycles. The third-order valence-corrected chi connectivity index (χ3v) is 2.16. The Hall–Kier alpha value is -1.43. The van der Waals surface area contributed by atoms with Gasteiger partial charge < -0.3 is 9.72 Å².